The third-order valence-corrected chi connectivity index (χ3v) is 2.65. The Morgan fingerprint density at radius 1 is 1.50 bits per heavy atom. The molecule has 0 spiro atoms. The average molecular weight is 172 g/mol. The highest BCUT2D eigenvalue weighted by Gasteiger charge is 2.29. The number of carbonyl (C=O) groups is 1. The predicted molar refractivity (Wildman–Crippen MR) is 44.8 cm³/mol. The van der Waals surface area contributed by atoms with Crippen LogP contribution < -0.4 is 0 Å². The summed E-state index contributed by atoms with van der Waals surface area (Å²) < 4.78 is 0. The summed E-state index contributed by atoms with van der Waals surface area (Å²) in [6.45, 7) is 1.82. The standard InChI is InChI=1S/C9H16O3/c1-9(12)4-2-7(3-5-9)6-8(10)11/h7,12H,2-6H2,1H3,(H,10,11)/t7-,9+. The lowest BCUT2D eigenvalue weighted by Crippen LogP contribution is -2.30. The average Bonchev–Trinajstić information content (AvgIpc) is 1.93. The zero-order valence-corrected chi connectivity index (χ0v) is 7.42. The van der Waals surface area contributed by atoms with Crippen LogP contribution >= 0.6 is 0 Å². The van der Waals surface area contributed by atoms with Crippen molar-refractivity contribution in [3.63, 3.8) is 0 Å². The zero-order valence-electron chi connectivity index (χ0n) is 7.42. The molecule has 0 bridgehead atoms. The molecular formula is C9H16O3. The van der Waals surface area contributed by atoms with Crippen molar-refractivity contribution in [3.05, 3.63) is 0 Å². The highest BCUT2D eigenvalue weighted by atomic mass is 16.4. The van der Waals surface area contributed by atoms with Crippen molar-refractivity contribution in [3.8, 4) is 0 Å². The van der Waals surface area contributed by atoms with Gasteiger partial charge in [-0.3, -0.25) is 4.79 Å². The van der Waals surface area contributed by atoms with Gasteiger partial charge in [-0.25, -0.2) is 0 Å². The molecule has 70 valence electrons. The maximum absolute atomic E-state index is 10.4. The molecule has 0 heterocycles. The second-order valence-electron chi connectivity index (χ2n) is 4.04. The molecule has 12 heavy (non-hydrogen) atoms. The minimum absolute atomic E-state index is 0.260. The molecule has 0 amide bonds. The Balaban J connectivity index is 2.31. The summed E-state index contributed by atoms with van der Waals surface area (Å²) in [6.07, 6.45) is 3.44. The van der Waals surface area contributed by atoms with E-state index in [9.17, 15) is 9.90 Å². The maximum atomic E-state index is 10.4. The van der Waals surface area contributed by atoms with E-state index in [2.05, 4.69) is 0 Å². The van der Waals surface area contributed by atoms with Crippen LogP contribution in [0.5, 0.6) is 0 Å². The van der Waals surface area contributed by atoms with E-state index in [-0.39, 0.29) is 12.3 Å². The van der Waals surface area contributed by atoms with Crippen LogP contribution in [-0.2, 0) is 4.79 Å². The van der Waals surface area contributed by atoms with Gasteiger partial charge in [0.1, 0.15) is 0 Å². The normalized spacial score (nSPS) is 36.3. The molecule has 3 nitrogen and oxygen atoms in total. The molecule has 0 aromatic carbocycles. The fraction of sp³-hybridized carbons (Fsp3) is 0.889. The third-order valence-electron chi connectivity index (χ3n) is 2.65. The fourth-order valence-corrected chi connectivity index (χ4v) is 1.75. The van der Waals surface area contributed by atoms with Gasteiger partial charge in [-0.15, -0.1) is 0 Å². The first-order valence-corrected chi connectivity index (χ1v) is 4.44. The van der Waals surface area contributed by atoms with E-state index < -0.39 is 11.6 Å². The molecule has 0 aromatic rings. The lowest BCUT2D eigenvalue weighted by molar-refractivity contribution is -0.138. The van der Waals surface area contributed by atoms with Gasteiger partial charge in [0, 0.05) is 6.42 Å². The number of hydrogen-bond acceptors (Lipinski definition) is 2. The summed E-state index contributed by atoms with van der Waals surface area (Å²) in [7, 11) is 0. The summed E-state index contributed by atoms with van der Waals surface area (Å²) in [5, 5.41) is 18.1. The van der Waals surface area contributed by atoms with E-state index in [1.54, 1.807) is 0 Å². The Labute approximate surface area is 72.4 Å². The van der Waals surface area contributed by atoms with E-state index >= 15 is 0 Å². The molecule has 0 saturated heterocycles. The van der Waals surface area contributed by atoms with Crippen LogP contribution in [0.3, 0.4) is 0 Å². The van der Waals surface area contributed by atoms with Crippen molar-refractivity contribution >= 4 is 5.97 Å². The van der Waals surface area contributed by atoms with Gasteiger partial charge >= 0.3 is 5.97 Å². The molecule has 1 saturated carbocycles. The van der Waals surface area contributed by atoms with Crippen LogP contribution in [0.25, 0.3) is 0 Å². The topological polar surface area (TPSA) is 57.5 Å². The summed E-state index contributed by atoms with van der Waals surface area (Å²) in [5.41, 5.74) is -0.547. The number of aliphatic carboxylic acids is 1. The monoisotopic (exact) mass is 172 g/mol. The Kier molecular flexibility index (Phi) is 2.73. The predicted octanol–water partition coefficient (Wildman–Crippen LogP) is 1.40. The minimum atomic E-state index is -0.721. The molecule has 0 aromatic heterocycles. The highest BCUT2D eigenvalue weighted by molar-refractivity contribution is 5.67. The zero-order chi connectivity index (χ0) is 9.19. The van der Waals surface area contributed by atoms with Gasteiger partial charge in [0.2, 0.25) is 0 Å². The summed E-state index contributed by atoms with van der Waals surface area (Å²) >= 11 is 0. The van der Waals surface area contributed by atoms with Gasteiger partial charge in [0.15, 0.2) is 0 Å². The second-order valence-corrected chi connectivity index (χ2v) is 4.04. The Bertz CT molecular complexity index is 165. The molecule has 3 heteroatoms. The Hall–Kier alpha value is -0.570. The van der Waals surface area contributed by atoms with Crippen molar-refractivity contribution in [2.45, 2.75) is 44.6 Å². The molecule has 0 atom stereocenters. The van der Waals surface area contributed by atoms with Crippen LogP contribution in [0, 0.1) is 5.92 Å². The van der Waals surface area contributed by atoms with Crippen molar-refractivity contribution in [1.29, 1.82) is 0 Å². The first kappa shape index (κ1) is 9.52. The van der Waals surface area contributed by atoms with Gasteiger partial charge in [-0.2, -0.15) is 0 Å². The van der Waals surface area contributed by atoms with Crippen LogP contribution in [0.15, 0.2) is 0 Å². The van der Waals surface area contributed by atoms with Gasteiger partial charge in [0.25, 0.3) is 0 Å². The lowest BCUT2D eigenvalue weighted by atomic mass is 9.79. The summed E-state index contributed by atoms with van der Waals surface area (Å²) in [6, 6.07) is 0. The quantitative estimate of drug-likeness (QED) is 0.662. The summed E-state index contributed by atoms with van der Waals surface area (Å²) in [4.78, 5) is 10.4. The largest absolute Gasteiger partial charge is 0.481 e. The van der Waals surface area contributed by atoms with Crippen LogP contribution in [0.1, 0.15) is 39.0 Å². The van der Waals surface area contributed by atoms with Gasteiger partial charge in [0.05, 0.1) is 5.60 Å². The molecular weight excluding hydrogens is 156 g/mol. The number of carboxylic acid groups (broad SMARTS) is 1. The molecule has 1 fully saturated rings. The van der Waals surface area contributed by atoms with Gasteiger partial charge in [-0.05, 0) is 38.5 Å². The van der Waals surface area contributed by atoms with Crippen molar-refractivity contribution in [2.24, 2.45) is 5.92 Å². The number of rotatable bonds is 2. The minimum Gasteiger partial charge on any atom is -0.481 e. The fourth-order valence-electron chi connectivity index (χ4n) is 1.75. The number of carboxylic acids is 1. The van der Waals surface area contributed by atoms with E-state index in [0.29, 0.717) is 0 Å². The van der Waals surface area contributed by atoms with E-state index in [1.165, 1.54) is 0 Å². The SMILES string of the molecule is C[C@]1(O)CC[C@@H](CC(=O)O)CC1. The Morgan fingerprint density at radius 2 is 2.00 bits per heavy atom. The van der Waals surface area contributed by atoms with Gasteiger partial charge in [-0.1, -0.05) is 0 Å². The van der Waals surface area contributed by atoms with Crippen molar-refractivity contribution in [1.82, 2.24) is 0 Å². The lowest BCUT2D eigenvalue weighted by Gasteiger charge is -2.32. The molecule has 0 radical (unpaired) electrons. The molecule has 1 aliphatic carbocycles. The maximum Gasteiger partial charge on any atom is 0.303 e. The molecule has 2 N–H and O–H groups in total. The molecule has 0 aliphatic heterocycles. The van der Waals surface area contributed by atoms with Crippen LogP contribution in [0.4, 0.5) is 0 Å². The molecule has 1 aliphatic rings. The number of aliphatic hydroxyl groups is 1. The highest BCUT2D eigenvalue weighted by Crippen LogP contribution is 2.33. The first-order chi connectivity index (χ1) is 5.49. The Morgan fingerprint density at radius 3 is 2.42 bits per heavy atom. The summed E-state index contributed by atoms with van der Waals surface area (Å²) in [5.74, 6) is -0.440. The van der Waals surface area contributed by atoms with Crippen LogP contribution in [-0.4, -0.2) is 21.8 Å². The van der Waals surface area contributed by atoms with Gasteiger partial charge < -0.3 is 10.2 Å². The first-order valence-electron chi connectivity index (χ1n) is 4.44. The van der Waals surface area contributed by atoms with Crippen molar-refractivity contribution < 1.29 is 15.0 Å². The van der Waals surface area contributed by atoms with Crippen molar-refractivity contribution in [2.75, 3.05) is 0 Å². The smallest absolute Gasteiger partial charge is 0.303 e. The second kappa shape index (κ2) is 3.44. The van der Waals surface area contributed by atoms with E-state index in [4.69, 9.17) is 5.11 Å². The number of hydrogen-bond donors (Lipinski definition) is 2. The van der Waals surface area contributed by atoms with E-state index in [0.717, 1.165) is 25.7 Å². The molecule has 0 unspecified atom stereocenters. The molecule has 1 rings (SSSR count). The van der Waals surface area contributed by atoms with E-state index in [1.807, 2.05) is 6.92 Å². The third kappa shape index (κ3) is 2.81. The van der Waals surface area contributed by atoms with Crippen LogP contribution in [0.2, 0.25) is 0 Å².